The van der Waals surface area contributed by atoms with E-state index in [1.807, 2.05) is 31.2 Å². The summed E-state index contributed by atoms with van der Waals surface area (Å²) >= 11 is 0. The van der Waals surface area contributed by atoms with Crippen LogP contribution in [0, 0.1) is 6.92 Å². The highest BCUT2D eigenvalue weighted by atomic mass is 16.4. The lowest BCUT2D eigenvalue weighted by atomic mass is 10.2. The molecule has 5 heteroatoms. The molecule has 0 spiro atoms. The number of pyridine rings is 1. The summed E-state index contributed by atoms with van der Waals surface area (Å²) in [6.07, 6.45) is 2.06. The highest BCUT2D eigenvalue weighted by Crippen LogP contribution is 2.15. The van der Waals surface area contributed by atoms with E-state index in [2.05, 4.69) is 15.0 Å². The number of hydrogen-bond donors (Lipinski definition) is 1. The second-order valence-corrected chi connectivity index (χ2v) is 3.92. The number of carboxylic acids is 1. The molecule has 0 radical (unpaired) electrons. The van der Waals surface area contributed by atoms with Gasteiger partial charge in [-0.3, -0.25) is 9.78 Å². The molecule has 2 aromatic rings. The summed E-state index contributed by atoms with van der Waals surface area (Å²) in [6, 6.07) is 7.43. The summed E-state index contributed by atoms with van der Waals surface area (Å²) in [5.41, 5.74) is 2.30. The lowest BCUT2D eigenvalue weighted by molar-refractivity contribution is -0.137. The topological polar surface area (TPSA) is 76.0 Å². The quantitative estimate of drug-likeness (QED) is 0.887. The zero-order valence-corrected chi connectivity index (χ0v) is 10.00. The van der Waals surface area contributed by atoms with Crippen molar-refractivity contribution in [3.8, 4) is 11.4 Å². The first-order valence-electron chi connectivity index (χ1n) is 5.63. The van der Waals surface area contributed by atoms with Crippen molar-refractivity contribution in [2.24, 2.45) is 0 Å². The van der Waals surface area contributed by atoms with Crippen molar-refractivity contribution in [2.75, 3.05) is 0 Å². The van der Waals surface area contributed by atoms with Gasteiger partial charge in [-0.25, -0.2) is 9.97 Å². The molecular weight excluding hydrogens is 230 g/mol. The van der Waals surface area contributed by atoms with Crippen molar-refractivity contribution < 1.29 is 9.90 Å². The highest BCUT2D eigenvalue weighted by molar-refractivity contribution is 5.67. The minimum atomic E-state index is -0.848. The second-order valence-electron chi connectivity index (χ2n) is 3.92. The predicted molar refractivity (Wildman–Crippen MR) is 66.0 cm³/mol. The van der Waals surface area contributed by atoms with Crippen molar-refractivity contribution in [1.82, 2.24) is 15.0 Å². The van der Waals surface area contributed by atoms with Crippen molar-refractivity contribution in [3.05, 3.63) is 42.0 Å². The Hall–Kier alpha value is -2.30. The molecule has 0 unspecified atom stereocenters. The Morgan fingerprint density at radius 3 is 2.78 bits per heavy atom. The normalized spacial score (nSPS) is 10.3. The van der Waals surface area contributed by atoms with E-state index < -0.39 is 5.97 Å². The van der Waals surface area contributed by atoms with Crippen LogP contribution in [-0.2, 0) is 11.2 Å². The van der Waals surface area contributed by atoms with Crippen LogP contribution in [0.3, 0.4) is 0 Å². The molecular formula is C13H13N3O2. The van der Waals surface area contributed by atoms with Crippen LogP contribution >= 0.6 is 0 Å². The Balaban J connectivity index is 2.29. The zero-order valence-electron chi connectivity index (χ0n) is 10.00. The van der Waals surface area contributed by atoms with Crippen LogP contribution in [0.2, 0.25) is 0 Å². The van der Waals surface area contributed by atoms with Gasteiger partial charge in [0.05, 0.1) is 17.8 Å². The lowest BCUT2D eigenvalue weighted by Crippen LogP contribution is -2.04. The first-order chi connectivity index (χ1) is 8.65. The lowest BCUT2D eigenvalue weighted by Gasteiger charge is -2.04. The predicted octanol–water partition coefficient (Wildman–Crippen LogP) is 1.86. The number of nitrogens with zero attached hydrogens (tertiary/aromatic N) is 3. The van der Waals surface area contributed by atoms with E-state index in [9.17, 15) is 4.79 Å². The molecule has 0 aliphatic carbocycles. The zero-order chi connectivity index (χ0) is 13.0. The van der Waals surface area contributed by atoms with E-state index in [4.69, 9.17) is 5.11 Å². The third kappa shape index (κ3) is 3.10. The molecule has 0 atom stereocenters. The van der Waals surface area contributed by atoms with Crippen molar-refractivity contribution in [1.29, 1.82) is 0 Å². The van der Waals surface area contributed by atoms with Gasteiger partial charge in [0, 0.05) is 18.3 Å². The molecule has 2 rings (SSSR count). The molecule has 2 heterocycles. The SMILES string of the molecule is Cc1cc(-c2ccccn2)nc(CCC(=O)O)n1. The standard InChI is InChI=1S/C13H13N3O2/c1-9-8-11(10-4-2-3-7-14-10)16-12(15-9)5-6-13(17)18/h2-4,7-8H,5-6H2,1H3,(H,17,18). The molecule has 0 aliphatic rings. The third-order valence-electron chi connectivity index (χ3n) is 2.39. The Morgan fingerprint density at radius 2 is 2.11 bits per heavy atom. The van der Waals surface area contributed by atoms with E-state index in [0.717, 1.165) is 17.1 Å². The fraction of sp³-hybridized carbons (Fsp3) is 0.231. The average Bonchev–Trinajstić information content (AvgIpc) is 2.37. The van der Waals surface area contributed by atoms with Crippen LogP contribution in [0.1, 0.15) is 17.9 Å². The van der Waals surface area contributed by atoms with Crippen LogP contribution < -0.4 is 0 Å². The van der Waals surface area contributed by atoms with Gasteiger partial charge < -0.3 is 5.11 Å². The van der Waals surface area contributed by atoms with E-state index in [-0.39, 0.29) is 6.42 Å². The number of aliphatic carboxylic acids is 1. The molecule has 2 aromatic heterocycles. The van der Waals surface area contributed by atoms with Crippen molar-refractivity contribution in [2.45, 2.75) is 19.8 Å². The smallest absolute Gasteiger partial charge is 0.303 e. The summed E-state index contributed by atoms with van der Waals surface area (Å²) in [5, 5.41) is 8.66. The van der Waals surface area contributed by atoms with E-state index in [0.29, 0.717) is 12.2 Å². The minimum Gasteiger partial charge on any atom is -0.481 e. The van der Waals surface area contributed by atoms with E-state index >= 15 is 0 Å². The van der Waals surface area contributed by atoms with Crippen LogP contribution in [-0.4, -0.2) is 26.0 Å². The van der Waals surface area contributed by atoms with Gasteiger partial charge in [0.25, 0.3) is 0 Å². The average molecular weight is 243 g/mol. The number of hydrogen-bond acceptors (Lipinski definition) is 4. The Morgan fingerprint density at radius 1 is 1.28 bits per heavy atom. The summed E-state index contributed by atoms with van der Waals surface area (Å²) in [5.74, 6) is -0.308. The van der Waals surface area contributed by atoms with Crippen LogP contribution in [0.5, 0.6) is 0 Å². The molecule has 92 valence electrons. The molecule has 0 bridgehead atoms. The number of aromatic nitrogens is 3. The third-order valence-corrected chi connectivity index (χ3v) is 2.39. The molecule has 0 fully saturated rings. The molecule has 0 amide bonds. The highest BCUT2D eigenvalue weighted by Gasteiger charge is 2.07. The maximum absolute atomic E-state index is 10.5. The summed E-state index contributed by atoms with van der Waals surface area (Å²) in [4.78, 5) is 23.3. The Labute approximate surface area is 105 Å². The maximum Gasteiger partial charge on any atom is 0.303 e. The van der Waals surface area contributed by atoms with Crippen LogP contribution in [0.15, 0.2) is 30.5 Å². The first-order valence-corrected chi connectivity index (χ1v) is 5.63. The molecule has 5 nitrogen and oxygen atoms in total. The summed E-state index contributed by atoms with van der Waals surface area (Å²) in [7, 11) is 0. The van der Waals surface area contributed by atoms with Crippen molar-refractivity contribution in [3.63, 3.8) is 0 Å². The maximum atomic E-state index is 10.5. The Kier molecular flexibility index (Phi) is 3.62. The molecule has 1 N–H and O–H groups in total. The molecule has 0 saturated carbocycles. The first kappa shape index (κ1) is 12.2. The van der Waals surface area contributed by atoms with Gasteiger partial charge in [-0.05, 0) is 25.1 Å². The summed E-state index contributed by atoms with van der Waals surface area (Å²) in [6.45, 7) is 1.86. The van der Waals surface area contributed by atoms with E-state index in [1.54, 1.807) is 6.20 Å². The van der Waals surface area contributed by atoms with E-state index in [1.165, 1.54) is 0 Å². The Bertz CT molecular complexity index is 555. The summed E-state index contributed by atoms with van der Waals surface area (Å²) < 4.78 is 0. The second kappa shape index (κ2) is 5.35. The fourth-order valence-electron chi connectivity index (χ4n) is 1.61. The molecule has 0 saturated heterocycles. The molecule has 0 aromatic carbocycles. The van der Waals surface area contributed by atoms with Crippen LogP contribution in [0.4, 0.5) is 0 Å². The van der Waals surface area contributed by atoms with Gasteiger partial charge >= 0.3 is 5.97 Å². The monoisotopic (exact) mass is 243 g/mol. The van der Waals surface area contributed by atoms with Gasteiger partial charge in [0.1, 0.15) is 5.82 Å². The van der Waals surface area contributed by atoms with Gasteiger partial charge in [0.2, 0.25) is 0 Å². The molecule has 0 aliphatic heterocycles. The van der Waals surface area contributed by atoms with Gasteiger partial charge in [-0.15, -0.1) is 0 Å². The van der Waals surface area contributed by atoms with Crippen LogP contribution in [0.25, 0.3) is 11.4 Å². The van der Waals surface area contributed by atoms with Gasteiger partial charge in [-0.1, -0.05) is 6.07 Å². The number of carbonyl (C=O) groups is 1. The van der Waals surface area contributed by atoms with Crippen molar-refractivity contribution >= 4 is 5.97 Å². The number of rotatable bonds is 4. The number of carboxylic acid groups (broad SMARTS) is 1. The largest absolute Gasteiger partial charge is 0.481 e. The fourth-order valence-corrected chi connectivity index (χ4v) is 1.61. The minimum absolute atomic E-state index is 0.0328. The molecule has 18 heavy (non-hydrogen) atoms. The number of aryl methyl sites for hydroxylation is 2. The van der Waals surface area contributed by atoms with Gasteiger partial charge in [0.15, 0.2) is 0 Å². The van der Waals surface area contributed by atoms with Gasteiger partial charge in [-0.2, -0.15) is 0 Å².